The van der Waals surface area contributed by atoms with Gasteiger partial charge >= 0.3 is 0 Å². The van der Waals surface area contributed by atoms with Crippen LogP contribution in [-0.4, -0.2) is 24.6 Å². The third-order valence-electron chi connectivity index (χ3n) is 4.92. The number of hydrogen-bond acceptors (Lipinski definition) is 5. The minimum Gasteiger partial charge on any atom is -0.493 e. The molecule has 6 nitrogen and oxygen atoms in total. The van der Waals surface area contributed by atoms with E-state index in [9.17, 15) is 4.79 Å². The molecule has 162 valence electrons. The van der Waals surface area contributed by atoms with Gasteiger partial charge in [-0.15, -0.1) is 0 Å². The molecule has 31 heavy (non-hydrogen) atoms. The van der Waals surface area contributed by atoms with Crippen molar-refractivity contribution in [3.8, 4) is 17.2 Å². The second-order valence-electron chi connectivity index (χ2n) is 7.09. The normalized spacial score (nSPS) is 11.5. The first kappa shape index (κ1) is 22.2. The largest absolute Gasteiger partial charge is 0.493 e. The molecule has 1 amide bonds. The SMILES string of the molecule is CCc1ccccc1OCC(=O)NC(C)c1ccc(OCc2ccncc2)c(OC)c1. The van der Waals surface area contributed by atoms with Crippen molar-refractivity contribution >= 4 is 5.91 Å². The van der Waals surface area contributed by atoms with Gasteiger partial charge in [0.05, 0.1) is 13.2 Å². The van der Waals surface area contributed by atoms with E-state index >= 15 is 0 Å². The zero-order chi connectivity index (χ0) is 22.1. The second-order valence-corrected chi connectivity index (χ2v) is 7.09. The lowest BCUT2D eigenvalue weighted by molar-refractivity contribution is -0.123. The molecule has 0 fully saturated rings. The predicted molar refractivity (Wildman–Crippen MR) is 119 cm³/mol. The van der Waals surface area contributed by atoms with Crippen molar-refractivity contribution in [3.05, 3.63) is 83.7 Å². The van der Waals surface area contributed by atoms with Crippen LogP contribution in [0.1, 0.15) is 36.6 Å². The summed E-state index contributed by atoms with van der Waals surface area (Å²) in [6.07, 6.45) is 4.31. The number of aryl methyl sites for hydroxylation is 1. The van der Waals surface area contributed by atoms with E-state index < -0.39 is 0 Å². The fourth-order valence-electron chi connectivity index (χ4n) is 3.16. The van der Waals surface area contributed by atoms with Gasteiger partial charge in [-0.25, -0.2) is 0 Å². The minimum atomic E-state index is -0.208. The predicted octanol–water partition coefficient (Wildman–Crippen LogP) is 4.49. The van der Waals surface area contributed by atoms with E-state index in [1.165, 1.54) is 0 Å². The topological polar surface area (TPSA) is 69.7 Å². The van der Waals surface area contributed by atoms with Crippen LogP contribution < -0.4 is 19.5 Å². The van der Waals surface area contributed by atoms with E-state index in [0.717, 1.165) is 28.9 Å². The third kappa shape index (κ3) is 6.22. The van der Waals surface area contributed by atoms with Crippen molar-refractivity contribution in [2.24, 2.45) is 0 Å². The van der Waals surface area contributed by atoms with Crippen LogP contribution in [-0.2, 0) is 17.8 Å². The third-order valence-corrected chi connectivity index (χ3v) is 4.92. The fourth-order valence-corrected chi connectivity index (χ4v) is 3.16. The average molecular weight is 421 g/mol. The average Bonchev–Trinajstić information content (AvgIpc) is 2.82. The highest BCUT2D eigenvalue weighted by Crippen LogP contribution is 2.31. The Kier molecular flexibility index (Phi) is 7.87. The first-order chi connectivity index (χ1) is 15.1. The quantitative estimate of drug-likeness (QED) is 0.523. The van der Waals surface area contributed by atoms with Crippen LogP contribution in [0.25, 0.3) is 0 Å². The summed E-state index contributed by atoms with van der Waals surface area (Å²) in [5, 5.41) is 2.97. The highest BCUT2D eigenvalue weighted by atomic mass is 16.5. The molecule has 1 aromatic heterocycles. The van der Waals surface area contributed by atoms with Crippen molar-refractivity contribution in [1.82, 2.24) is 10.3 Å². The molecular weight excluding hydrogens is 392 g/mol. The minimum absolute atomic E-state index is 0.0361. The van der Waals surface area contributed by atoms with Crippen LogP contribution in [0.4, 0.5) is 0 Å². The maximum atomic E-state index is 12.4. The van der Waals surface area contributed by atoms with E-state index in [1.807, 2.05) is 61.5 Å². The highest BCUT2D eigenvalue weighted by molar-refractivity contribution is 5.78. The van der Waals surface area contributed by atoms with Crippen LogP contribution in [0.15, 0.2) is 67.0 Å². The van der Waals surface area contributed by atoms with Crippen molar-refractivity contribution in [2.45, 2.75) is 32.9 Å². The summed E-state index contributed by atoms with van der Waals surface area (Å²) in [5.74, 6) is 1.81. The molecule has 1 unspecified atom stereocenters. The fraction of sp³-hybridized carbons (Fsp3) is 0.280. The van der Waals surface area contributed by atoms with Gasteiger partial charge in [-0.3, -0.25) is 9.78 Å². The molecule has 2 aromatic carbocycles. The molecule has 3 rings (SSSR count). The number of carbonyl (C=O) groups excluding carboxylic acids is 1. The molecular formula is C25H28N2O4. The van der Waals surface area contributed by atoms with Crippen LogP contribution in [0.5, 0.6) is 17.2 Å². The van der Waals surface area contributed by atoms with E-state index in [4.69, 9.17) is 14.2 Å². The summed E-state index contributed by atoms with van der Waals surface area (Å²) < 4.78 is 17.1. The molecule has 1 atom stereocenters. The number of nitrogens with one attached hydrogen (secondary N) is 1. The Balaban J connectivity index is 1.57. The molecule has 0 radical (unpaired) electrons. The van der Waals surface area contributed by atoms with Gasteiger partial charge < -0.3 is 19.5 Å². The van der Waals surface area contributed by atoms with Crippen LogP contribution in [0, 0.1) is 0 Å². The Labute approximate surface area is 183 Å². The molecule has 0 bridgehead atoms. The number of carbonyl (C=O) groups is 1. The summed E-state index contributed by atoms with van der Waals surface area (Å²) >= 11 is 0. The number of aromatic nitrogens is 1. The lowest BCUT2D eigenvalue weighted by atomic mass is 10.1. The highest BCUT2D eigenvalue weighted by Gasteiger charge is 2.14. The summed E-state index contributed by atoms with van der Waals surface area (Å²) in [6.45, 7) is 4.36. The molecule has 0 aliphatic carbocycles. The smallest absolute Gasteiger partial charge is 0.258 e. The molecule has 0 saturated carbocycles. The van der Waals surface area contributed by atoms with Gasteiger partial charge in [0.15, 0.2) is 18.1 Å². The van der Waals surface area contributed by atoms with E-state index in [0.29, 0.717) is 18.1 Å². The Morgan fingerprint density at radius 2 is 1.77 bits per heavy atom. The number of para-hydroxylation sites is 1. The Morgan fingerprint density at radius 3 is 2.52 bits per heavy atom. The number of pyridine rings is 1. The van der Waals surface area contributed by atoms with E-state index in [1.54, 1.807) is 19.5 Å². The van der Waals surface area contributed by atoms with Crippen LogP contribution >= 0.6 is 0 Å². The Bertz CT molecular complexity index is 992. The number of amides is 1. The molecule has 0 saturated heterocycles. The molecule has 1 N–H and O–H groups in total. The molecule has 6 heteroatoms. The van der Waals surface area contributed by atoms with Gasteiger partial charge in [0.25, 0.3) is 5.91 Å². The van der Waals surface area contributed by atoms with Gasteiger partial charge in [-0.1, -0.05) is 31.2 Å². The second kappa shape index (κ2) is 11.0. The molecule has 0 aliphatic rings. The Hall–Kier alpha value is -3.54. The lowest BCUT2D eigenvalue weighted by Gasteiger charge is -2.18. The summed E-state index contributed by atoms with van der Waals surface area (Å²) in [6, 6.07) is 17.0. The number of nitrogens with zero attached hydrogens (tertiary/aromatic N) is 1. The number of ether oxygens (including phenoxy) is 3. The van der Waals surface area contributed by atoms with Gasteiger partial charge in [0, 0.05) is 12.4 Å². The number of hydrogen-bond donors (Lipinski definition) is 1. The van der Waals surface area contributed by atoms with Crippen LogP contribution in [0.3, 0.4) is 0 Å². The van der Waals surface area contributed by atoms with Crippen molar-refractivity contribution < 1.29 is 19.0 Å². The van der Waals surface area contributed by atoms with Crippen LogP contribution in [0.2, 0.25) is 0 Å². The zero-order valence-corrected chi connectivity index (χ0v) is 18.1. The van der Waals surface area contributed by atoms with Crippen molar-refractivity contribution in [2.75, 3.05) is 13.7 Å². The number of benzene rings is 2. The molecule has 0 aliphatic heterocycles. The van der Waals surface area contributed by atoms with Gasteiger partial charge in [-0.05, 0) is 60.4 Å². The van der Waals surface area contributed by atoms with Crippen molar-refractivity contribution in [3.63, 3.8) is 0 Å². The lowest BCUT2D eigenvalue weighted by Crippen LogP contribution is -2.31. The zero-order valence-electron chi connectivity index (χ0n) is 18.1. The van der Waals surface area contributed by atoms with E-state index in [-0.39, 0.29) is 18.6 Å². The maximum absolute atomic E-state index is 12.4. The number of methoxy groups -OCH3 is 1. The molecule has 1 heterocycles. The first-order valence-electron chi connectivity index (χ1n) is 10.3. The maximum Gasteiger partial charge on any atom is 0.258 e. The standard InChI is InChI=1S/C25H28N2O4/c1-4-20-7-5-6-8-22(20)31-17-25(28)27-18(2)21-9-10-23(24(15-21)29-3)30-16-19-11-13-26-14-12-19/h5-15,18H,4,16-17H2,1-3H3,(H,27,28). The van der Waals surface area contributed by atoms with Gasteiger partial charge in [0.1, 0.15) is 12.4 Å². The molecule has 3 aromatic rings. The summed E-state index contributed by atoms with van der Waals surface area (Å²) in [4.78, 5) is 16.4. The summed E-state index contributed by atoms with van der Waals surface area (Å²) in [5.41, 5.74) is 3.01. The monoisotopic (exact) mass is 420 g/mol. The first-order valence-corrected chi connectivity index (χ1v) is 10.3. The Morgan fingerprint density at radius 1 is 1.00 bits per heavy atom. The molecule has 0 spiro atoms. The van der Waals surface area contributed by atoms with Gasteiger partial charge in [0.2, 0.25) is 0 Å². The summed E-state index contributed by atoms with van der Waals surface area (Å²) in [7, 11) is 1.60. The van der Waals surface area contributed by atoms with E-state index in [2.05, 4.69) is 17.2 Å². The van der Waals surface area contributed by atoms with Crippen molar-refractivity contribution in [1.29, 1.82) is 0 Å². The van der Waals surface area contributed by atoms with Gasteiger partial charge in [-0.2, -0.15) is 0 Å². The number of rotatable bonds is 10.